The molecule has 0 aromatic heterocycles. The van der Waals surface area contributed by atoms with Gasteiger partial charge < -0.3 is 0 Å². The molecule has 1 atom stereocenters. The van der Waals surface area contributed by atoms with Crippen molar-refractivity contribution >= 4 is 39.1 Å². The van der Waals surface area contributed by atoms with Crippen LogP contribution < -0.4 is 15.9 Å². The summed E-state index contributed by atoms with van der Waals surface area (Å²) in [6.07, 6.45) is 0. The van der Waals surface area contributed by atoms with E-state index in [2.05, 4.69) is 0 Å². The van der Waals surface area contributed by atoms with E-state index in [0.29, 0.717) is 0 Å². The molecule has 0 radical (unpaired) electrons. The van der Waals surface area contributed by atoms with Crippen molar-refractivity contribution in [3.05, 3.63) is 91.0 Å². The van der Waals surface area contributed by atoms with Gasteiger partial charge in [0.25, 0.3) is 0 Å². The summed E-state index contributed by atoms with van der Waals surface area (Å²) in [5.74, 6) is -3.94. The van der Waals surface area contributed by atoms with E-state index >= 15 is 0 Å². The Balaban J connectivity index is 2.50. The second kappa shape index (κ2) is 7.23. The number of benzene rings is 3. The van der Waals surface area contributed by atoms with Gasteiger partial charge in [-0.25, -0.2) is 0 Å². The van der Waals surface area contributed by atoms with Gasteiger partial charge in [0.2, 0.25) is 0 Å². The summed E-state index contributed by atoms with van der Waals surface area (Å²) in [6.45, 7) is 1.88. The summed E-state index contributed by atoms with van der Waals surface area (Å²) >= 11 is 7.83. The van der Waals surface area contributed by atoms with E-state index in [0.717, 1.165) is 15.9 Å². The first-order valence-corrected chi connectivity index (χ1v) is 11.7. The van der Waals surface area contributed by atoms with Crippen LogP contribution in [0.25, 0.3) is 0 Å². The topological polar surface area (TPSA) is 26.3 Å². The Morgan fingerprint density at radius 1 is 0.769 bits per heavy atom. The van der Waals surface area contributed by atoms with Gasteiger partial charge in [-0.3, -0.25) is 0 Å². The third-order valence-corrected chi connectivity index (χ3v) is 13.3. The molecule has 134 valence electrons. The fraction of sp³-hybridized carbons (Fsp3) is 0.136. The number of esters is 1. The Labute approximate surface area is 159 Å². The number of carbonyl (C=O) groups excluding carboxylic acids is 1. The molecule has 0 heterocycles. The van der Waals surface area contributed by atoms with Crippen molar-refractivity contribution in [3.63, 3.8) is 0 Å². The summed E-state index contributed by atoms with van der Waals surface area (Å²) in [5.41, 5.74) is -0.542. The number of hydrogen-bond donors (Lipinski definition) is 0. The van der Waals surface area contributed by atoms with Gasteiger partial charge in [0.15, 0.2) is 0 Å². The van der Waals surface area contributed by atoms with E-state index in [4.69, 9.17) is 16.0 Å². The average molecular weight is 385 g/mol. The molecule has 0 aliphatic heterocycles. The molecule has 0 amide bonds. The van der Waals surface area contributed by atoms with E-state index < -0.39 is 11.6 Å². The molecule has 3 aromatic carbocycles. The van der Waals surface area contributed by atoms with Crippen LogP contribution in [0.15, 0.2) is 91.0 Å². The van der Waals surface area contributed by atoms with Crippen molar-refractivity contribution in [3.8, 4) is 0 Å². The molecule has 3 rings (SSSR count). The van der Waals surface area contributed by atoms with E-state index in [1.165, 1.54) is 7.11 Å². The number of halogens is 1. The van der Waals surface area contributed by atoms with Gasteiger partial charge in [-0.1, -0.05) is 0 Å². The minimum absolute atomic E-state index is 0.311. The van der Waals surface area contributed by atoms with Crippen molar-refractivity contribution in [2.45, 2.75) is 12.6 Å². The standard InChI is InChI=1S/C22H22ClO2P/c1-18(22(24)25-2)26(23,19-12-6-3-7-13-19,20-14-8-4-9-15-20)21-16-10-5-11-17-21/h3-18H,1-2H3. The zero-order valence-electron chi connectivity index (χ0n) is 14.9. The van der Waals surface area contributed by atoms with Crippen LogP contribution in [0.3, 0.4) is 0 Å². The third kappa shape index (κ3) is 2.65. The van der Waals surface area contributed by atoms with E-state index in [-0.39, 0.29) is 5.97 Å². The molecule has 0 bridgehead atoms. The van der Waals surface area contributed by atoms with Gasteiger partial charge in [-0.2, -0.15) is 0 Å². The number of carbonyl (C=O) groups is 1. The van der Waals surface area contributed by atoms with Crippen molar-refractivity contribution in [2.75, 3.05) is 7.11 Å². The molecule has 0 N–H and O–H groups in total. The Morgan fingerprint density at radius 2 is 1.08 bits per heavy atom. The monoisotopic (exact) mass is 384 g/mol. The SMILES string of the molecule is COC(=O)C(C)P(Cl)(c1ccccc1)(c1ccccc1)c1ccccc1. The first-order valence-electron chi connectivity index (χ1n) is 8.51. The molecule has 26 heavy (non-hydrogen) atoms. The fourth-order valence-corrected chi connectivity index (χ4v) is 9.90. The van der Waals surface area contributed by atoms with Crippen LogP contribution in [0.4, 0.5) is 0 Å². The van der Waals surface area contributed by atoms with Gasteiger partial charge in [0, 0.05) is 0 Å². The minimum atomic E-state index is -3.63. The van der Waals surface area contributed by atoms with Gasteiger partial charge >= 0.3 is 159 Å². The van der Waals surface area contributed by atoms with Gasteiger partial charge in [-0.15, -0.1) is 0 Å². The summed E-state index contributed by atoms with van der Waals surface area (Å²) in [6, 6.07) is 29.8. The second-order valence-electron chi connectivity index (χ2n) is 6.28. The Kier molecular flexibility index (Phi) is 5.18. The zero-order chi connectivity index (χ0) is 18.6. The summed E-state index contributed by atoms with van der Waals surface area (Å²) in [5, 5.41) is 2.86. The predicted octanol–water partition coefficient (Wildman–Crippen LogP) is 4.23. The maximum atomic E-state index is 12.8. The number of methoxy groups -OCH3 is 1. The molecule has 0 fully saturated rings. The van der Waals surface area contributed by atoms with Crippen LogP contribution >= 0.6 is 17.2 Å². The van der Waals surface area contributed by atoms with E-state index in [1.807, 2.05) is 97.9 Å². The van der Waals surface area contributed by atoms with Crippen LogP contribution in [0, 0.1) is 0 Å². The quantitative estimate of drug-likeness (QED) is 0.486. The molecule has 0 aliphatic carbocycles. The Bertz CT molecular complexity index is 782. The van der Waals surface area contributed by atoms with Crippen LogP contribution in [0.2, 0.25) is 0 Å². The van der Waals surface area contributed by atoms with Crippen molar-refractivity contribution in [1.29, 1.82) is 0 Å². The van der Waals surface area contributed by atoms with E-state index in [1.54, 1.807) is 0 Å². The average Bonchev–Trinajstić information content (AvgIpc) is 2.74. The molecule has 0 saturated carbocycles. The number of hydrogen-bond acceptors (Lipinski definition) is 2. The molecular formula is C22H22ClO2P. The molecule has 0 aliphatic rings. The van der Waals surface area contributed by atoms with Gasteiger partial charge in [-0.05, 0) is 0 Å². The van der Waals surface area contributed by atoms with E-state index in [9.17, 15) is 4.79 Å². The molecular weight excluding hydrogens is 363 g/mol. The van der Waals surface area contributed by atoms with Crippen molar-refractivity contribution in [1.82, 2.24) is 0 Å². The fourth-order valence-electron chi connectivity index (χ4n) is 3.64. The van der Waals surface area contributed by atoms with Crippen molar-refractivity contribution < 1.29 is 9.53 Å². The van der Waals surface area contributed by atoms with Crippen LogP contribution in [-0.2, 0) is 9.53 Å². The van der Waals surface area contributed by atoms with Crippen LogP contribution in [-0.4, -0.2) is 18.7 Å². The molecule has 0 saturated heterocycles. The maximum absolute atomic E-state index is 12.8. The molecule has 1 unspecified atom stereocenters. The summed E-state index contributed by atoms with van der Waals surface area (Å²) in [7, 11) is 1.41. The van der Waals surface area contributed by atoms with Crippen molar-refractivity contribution in [2.24, 2.45) is 0 Å². The zero-order valence-corrected chi connectivity index (χ0v) is 16.5. The summed E-state index contributed by atoms with van der Waals surface area (Å²) < 4.78 is 5.16. The van der Waals surface area contributed by atoms with Crippen LogP contribution in [0.1, 0.15) is 6.92 Å². The molecule has 4 heteroatoms. The number of rotatable bonds is 5. The Hall–Kier alpha value is -2.15. The molecule has 0 spiro atoms. The summed E-state index contributed by atoms with van der Waals surface area (Å²) in [4.78, 5) is 12.8. The second-order valence-corrected chi connectivity index (χ2v) is 12.9. The number of ether oxygens (including phenoxy) is 1. The van der Waals surface area contributed by atoms with Gasteiger partial charge in [0.05, 0.1) is 0 Å². The van der Waals surface area contributed by atoms with Gasteiger partial charge in [0.1, 0.15) is 0 Å². The normalized spacial score (nSPS) is 14.0. The molecule has 2 nitrogen and oxygen atoms in total. The Morgan fingerprint density at radius 3 is 1.35 bits per heavy atom. The third-order valence-electron chi connectivity index (χ3n) is 5.05. The molecule has 3 aromatic rings. The predicted molar refractivity (Wildman–Crippen MR) is 112 cm³/mol. The van der Waals surface area contributed by atoms with Crippen LogP contribution in [0.5, 0.6) is 0 Å². The first-order chi connectivity index (χ1) is 12.5. The first kappa shape index (κ1) is 18.6.